The molecule has 20 heavy (non-hydrogen) atoms. The van der Waals surface area contributed by atoms with Gasteiger partial charge in [0.2, 0.25) is 0 Å². The van der Waals surface area contributed by atoms with E-state index in [1.165, 1.54) is 0 Å². The summed E-state index contributed by atoms with van der Waals surface area (Å²) < 4.78 is 6.31. The molecule has 3 nitrogen and oxygen atoms in total. The van der Waals surface area contributed by atoms with E-state index in [0.29, 0.717) is 12.0 Å². The van der Waals surface area contributed by atoms with Crippen LogP contribution in [-0.2, 0) is 4.74 Å². The highest BCUT2D eigenvalue weighted by Crippen LogP contribution is 2.38. The zero-order valence-electron chi connectivity index (χ0n) is 11.4. The van der Waals surface area contributed by atoms with Gasteiger partial charge < -0.3 is 10.5 Å². The topological polar surface area (TPSA) is 38.5 Å². The fraction of sp³-hybridized carbons (Fsp3) is 0.412. The maximum Gasteiger partial charge on any atom is 0.136 e. The number of hydrogen-bond donors (Lipinski definition) is 1. The molecule has 2 heterocycles. The summed E-state index contributed by atoms with van der Waals surface area (Å²) in [6, 6.07) is 0.681. The van der Waals surface area contributed by atoms with Crippen molar-refractivity contribution in [2.24, 2.45) is 11.7 Å². The normalized spacial score (nSPS) is 42.0. The lowest BCUT2D eigenvalue weighted by Crippen LogP contribution is -2.57. The molecule has 0 aromatic rings. The van der Waals surface area contributed by atoms with Gasteiger partial charge in [-0.05, 0) is 18.6 Å². The predicted molar refractivity (Wildman–Crippen MR) is 79.9 cm³/mol. The summed E-state index contributed by atoms with van der Waals surface area (Å²) in [6.07, 6.45) is 20.5. The van der Waals surface area contributed by atoms with Crippen LogP contribution in [0, 0.1) is 5.92 Å². The van der Waals surface area contributed by atoms with Crippen LogP contribution in [0.3, 0.4) is 0 Å². The number of nitrogens with two attached hydrogens (primary N) is 1. The quantitative estimate of drug-likeness (QED) is 0.682. The molecule has 0 spiro atoms. The van der Waals surface area contributed by atoms with Crippen molar-refractivity contribution >= 4 is 0 Å². The highest BCUT2D eigenvalue weighted by atomic mass is 16.5. The molecule has 0 bridgehead atoms. The van der Waals surface area contributed by atoms with Gasteiger partial charge in [-0.15, -0.1) is 0 Å². The standard InChI is InChI=1S/C17H20N2O/c18-13-7-5-11-19-14-8-2-4-10-16(14)20-15-9-3-1-6-12(15)17(13)19/h1-5,7-10,12-14,16-17H,6,11,18H2. The molecule has 3 heteroatoms. The van der Waals surface area contributed by atoms with Crippen LogP contribution in [0.1, 0.15) is 6.42 Å². The summed E-state index contributed by atoms with van der Waals surface area (Å²) in [7, 11) is 0. The van der Waals surface area contributed by atoms with Crippen LogP contribution in [0.5, 0.6) is 0 Å². The Hall–Kier alpha value is -1.58. The second-order valence-corrected chi connectivity index (χ2v) is 5.88. The van der Waals surface area contributed by atoms with Crippen LogP contribution in [0.25, 0.3) is 0 Å². The average Bonchev–Trinajstić information content (AvgIpc) is 2.62. The highest BCUT2D eigenvalue weighted by molar-refractivity contribution is 5.29. The van der Waals surface area contributed by atoms with E-state index in [1.54, 1.807) is 0 Å². The van der Waals surface area contributed by atoms with E-state index >= 15 is 0 Å². The fourth-order valence-corrected chi connectivity index (χ4v) is 3.82. The molecule has 4 aliphatic rings. The van der Waals surface area contributed by atoms with Crippen molar-refractivity contribution < 1.29 is 4.74 Å². The van der Waals surface area contributed by atoms with E-state index in [0.717, 1.165) is 18.7 Å². The Morgan fingerprint density at radius 1 is 1.10 bits per heavy atom. The van der Waals surface area contributed by atoms with E-state index in [1.807, 2.05) is 0 Å². The molecule has 1 fully saturated rings. The molecule has 0 aromatic carbocycles. The molecule has 5 atom stereocenters. The zero-order chi connectivity index (χ0) is 13.5. The number of hydrogen-bond acceptors (Lipinski definition) is 3. The first-order chi connectivity index (χ1) is 9.84. The summed E-state index contributed by atoms with van der Waals surface area (Å²) in [6.45, 7) is 0.953. The number of ether oxygens (including phenoxy) is 1. The Morgan fingerprint density at radius 2 is 2.00 bits per heavy atom. The van der Waals surface area contributed by atoms with E-state index in [9.17, 15) is 0 Å². The first-order valence-corrected chi connectivity index (χ1v) is 7.41. The molecule has 104 valence electrons. The van der Waals surface area contributed by atoms with E-state index in [4.69, 9.17) is 10.5 Å². The second-order valence-electron chi connectivity index (χ2n) is 5.88. The number of nitrogens with zero attached hydrogens (tertiary/aromatic N) is 1. The van der Waals surface area contributed by atoms with E-state index in [2.05, 4.69) is 59.6 Å². The Labute approximate surface area is 119 Å². The smallest absolute Gasteiger partial charge is 0.136 e. The van der Waals surface area contributed by atoms with Gasteiger partial charge in [0.15, 0.2) is 0 Å². The molecule has 2 aliphatic heterocycles. The van der Waals surface area contributed by atoms with Crippen molar-refractivity contribution in [1.29, 1.82) is 0 Å². The van der Waals surface area contributed by atoms with Gasteiger partial charge in [-0.3, -0.25) is 4.90 Å². The third-order valence-corrected chi connectivity index (χ3v) is 4.73. The van der Waals surface area contributed by atoms with Gasteiger partial charge in [0.1, 0.15) is 11.9 Å². The summed E-state index contributed by atoms with van der Waals surface area (Å²) in [5.74, 6) is 1.47. The van der Waals surface area contributed by atoms with Crippen LogP contribution < -0.4 is 5.73 Å². The molecule has 4 rings (SSSR count). The van der Waals surface area contributed by atoms with Crippen LogP contribution in [0.15, 0.2) is 60.4 Å². The van der Waals surface area contributed by atoms with Crippen LogP contribution in [-0.4, -0.2) is 35.7 Å². The number of rotatable bonds is 0. The third kappa shape index (κ3) is 1.81. The Balaban J connectivity index is 1.79. The fourth-order valence-electron chi connectivity index (χ4n) is 3.82. The van der Waals surface area contributed by atoms with Crippen molar-refractivity contribution in [1.82, 2.24) is 4.90 Å². The van der Waals surface area contributed by atoms with Crippen LogP contribution in [0.2, 0.25) is 0 Å². The maximum absolute atomic E-state index is 6.41. The lowest BCUT2D eigenvalue weighted by Gasteiger charge is -2.42. The van der Waals surface area contributed by atoms with Gasteiger partial charge in [0.25, 0.3) is 0 Å². The molecule has 0 aromatic heterocycles. The summed E-state index contributed by atoms with van der Waals surface area (Å²) in [4.78, 5) is 2.51. The van der Waals surface area contributed by atoms with E-state index < -0.39 is 0 Å². The molecule has 0 saturated carbocycles. The van der Waals surface area contributed by atoms with Crippen molar-refractivity contribution in [2.75, 3.05) is 6.54 Å². The SMILES string of the molecule is NC1C=CCN2C3C=CC=CC3OC3=CC=CCC3C12. The summed E-state index contributed by atoms with van der Waals surface area (Å²) >= 11 is 0. The molecular formula is C17H20N2O. The van der Waals surface area contributed by atoms with Crippen molar-refractivity contribution in [3.63, 3.8) is 0 Å². The highest BCUT2D eigenvalue weighted by Gasteiger charge is 2.44. The Kier molecular flexibility index (Phi) is 2.90. The van der Waals surface area contributed by atoms with Crippen LogP contribution in [0.4, 0.5) is 0 Å². The minimum absolute atomic E-state index is 0.0744. The number of allylic oxidation sites excluding steroid dienone is 5. The molecular weight excluding hydrogens is 248 g/mol. The molecule has 5 unspecified atom stereocenters. The van der Waals surface area contributed by atoms with Gasteiger partial charge in [0, 0.05) is 24.5 Å². The largest absolute Gasteiger partial charge is 0.488 e. The Bertz CT molecular complexity index is 543. The Morgan fingerprint density at radius 3 is 2.95 bits per heavy atom. The minimum atomic E-state index is 0.0744. The summed E-state index contributed by atoms with van der Waals surface area (Å²) in [5.41, 5.74) is 6.41. The summed E-state index contributed by atoms with van der Waals surface area (Å²) in [5, 5.41) is 0. The van der Waals surface area contributed by atoms with Gasteiger partial charge in [-0.25, -0.2) is 0 Å². The molecule has 2 aliphatic carbocycles. The molecule has 0 radical (unpaired) electrons. The van der Waals surface area contributed by atoms with Gasteiger partial charge in [-0.2, -0.15) is 0 Å². The lowest BCUT2D eigenvalue weighted by atomic mass is 9.83. The van der Waals surface area contributed by atoms with Crippen molar-refractivity contribution in [3.05, 3.63) is 60.4 Å². The predicted octanol–water partition coefficient (Wildman–Crippen LogP) is 1.91. The number of fused-ring (bicyclic) bond motifs is 5. The maximum atomic E-state index is 6.41. The lowest BCUT2D eigenvalue weighted by molar-refractivity contribution is 0.0891. The minimum Gasteiger partial charge on any atom is -0.488 e. The first-order valence-electron chi connectivity index (χ1n) is 7.41. The van der Waals surface area contributed by atoms with Gasteiger partial charge in [0.05, 0.1) is 6.04 Å². The monoisotopic (exact) mass is 268 g/mol. The van der Waals surface area contributed by atoms with Crippen molar-refractivity contribution in [2.45, 2.75) is 30.7 Å². The molecule has 0 amide bonds. The van der Waals surface area contributed by atoms with Crippen molar-refractivity contribution in [3.8, 4) is 0 Å². The third-order valence-electron chi connectivity index (χ3n) is 4.73. The zero-order valence-corrected chi connectivity index (χ0v) is 11.4. The second kappa shape index (κ2) is 4.76. The van der Waals surface area contributed by atoms with Gasteiger partial charge >= 0.3 is 0 Å². The van der Waals surface area contributed by atoms with Gasteiger partial charge in [-0.1, -0.05) is 42.5 Å². The molecule has 2 N–H and O–H groups in total. The average molecular weight is 268 g/mol. The molecule has 1 saturated heterocycles. The van der Waals surface area contributed by atoms with E-state index in [-0.39, 0.29) is 18.2 Å². The first kappa shape index (κ1) is 12.2. The van der Waals surface area contributed by atoms with Crippen LogP contribution >= 0.6 is 0 Å².